The van der Waals surface area contributed by atoms with Gasteiger partial charge in [-0.3, -0.25) is 9.88 Å². The summed E-state index contributed by atoms with van der Waals surface area (Å²) in [7, 11) is 2.07. The zero-order valence-electron chi connectivity index (χ0n) is 11.2. The molecule has 0 saturated heterocycles. The van der Waals surface area contributed by atoms with Crippen molar-refractivity contribution in [2.75, 3.05) is 12.8 Å². The minimum Gasteiger partial charge on any atom is -0.399 e. The lowest BCUT2D eigenvalue weighted by atomic mass is 10.1. The predicted molar refractivity (Wildman–Crippen MR) is 80.0 cm³/mol. The lowest BCUT2D eigenvalue weighted by Crippen LogP contribution is -2.22. The Balaban J connectivity index is 2.09. The molecule has 1 atom stereocenters. The third kappa shape index (κ3) is 3.69. The second-order valence-corrected chi connectivity index (χ2v) is 5.16. The second kappa shape index (κ2) is 6.04. The molecule has 3 nitrogen and oxygen atoms in total. The van der Waals surface area contributed by atoms with Crippen molar-refractivity contribution >= 4 is 17.3 Å². The topological polar surface area (TPSA) is 42.1 Å². The first-order chi connectivity index (χ1) is 9.06. The first-order valence-corrected chi connectivity index (χ1v) is 6.60. The van der Waals surface area contributed by atoms with E-state index in [2.05, 4.69) is 29.9 Å². The van der Waals surface area contributed by atoms with Crippen LogP contribution in [-0.4, -0.2) is 16.9 Å². The largest absolute Gasteiger partial charge is 0.399 e. The molecule has 100 valence electrons. The van der Waals surface area contributed by atoms with E-state index in [-0.39, 0.29) is 6.04 Å². The second-order valence-electron chi connectivity index (χ2n) is 4.73. The minimum atomic E-state index is 0.266. The van der Waals surface area contributed by atoms with Crippen LogP contribution in [0.4, 0.5) is 5.69 Å². The average molecular weight is 276 g/mol. The lowest BCUT2D eigenvalue weighted by molar-refractivity contribution is 0.250. The van der Waals surface area contributed by atoms with Gasteiger partial charge in [0.15, 0.2) is 0 Å². The monoisotopic (exact) mass is 275 g/mol. The van der Waals surface area contributed by atoms with Gasteiger partial charge in [-0.2, -0.15) is 0 Å². The molecule has 0 aliphatic heterocycles. The van der Waals surface area contributed by atoms with Crippen molar-refractivity contribution in [3.05, 3.63) is 58.9 Å². The molecule has 0 bridgehead atoms. The summed E-state index contributed by atoms with van der Waals surface area (Å²) in [6.45, 7) is 2.90. The fraction of sp³-hybridized carbons (Fsp3) is 0.267. The minimum absolute atomic E-state index is 0.266. The highest BCUT2D eigenvalue weighted by Crippen LogP contribution is 2.23. The van der Waals surface area contributed by atoms with E-state index in [4.69, 9.17) is 17.3 Å². The van der Waals surface area contributed by atoms with E-state index in [1.54, 1.807) is 12.3 Å². The number of benzene rings is 1. The number of hydrogen-bond acceptors (Lipinski definition) is 3. The Bertz CT molecular complexity index is 557. The quantitative estimate of drug-likeness (QED) is 0.928. The molecule has 1 unspecified atom stereocenters. The zero-order valence-corrected chi connectivity index (χ0v) is 11.9. The molecule has 19 heavy (non-hydrogen) atoms. The van der Waals surface area contributed by atoms with Crippen LogP contribution in [0.2, 0.25) is 5.02 Å². The van der Waals surface area contributed by atoms with Gasteiger partial charge in [-0.15, -0.1) is 0 Å². The van der Waals surface area contributed by atoms with Crippen LogP contribution >= 0.6 is 11.6 Å². The standard InChI is InChI=1S/C15H18ClN3/c1-11(12-4-3-5-13(16)8-12)19(2)10-15-9-14(17)6-7-18-15/h3-9,11H,10H2,1-2H3,(H2,17,18). The van der Waals surface area contributed by atoms with Gasteiger partial charge < -0.3 is 5.73 Å². The first-order valence-electron chi connectivity index (χ1n) is 6.22. The van der Waals surface area contributed by atoms with E-state index >= 15 is 0 Å². The van der Waals surface area contributed by atoms with Crippen molar-refractivity contribution in [2.45, 2.75) is 19.5 Å². The Labute approximate surface area is 119 Å². The maximum absolute atomic E-state index is 6.03. The highest BCUT2D eigenvalue weighted by Gasteiger charge is 2.12. The number of rotatable bonds is 4. The van der Waals surface area contributed by atoms with Crippen LogP contribution in [0, 0.1) is 0 Å². The van der Waals surface area contributed by atoms with Gasteiger partial charge in [0.05, 0.1) is 5.69 Å². The molecule has 0 amide bonds. The van der Waals surface area contributed by atoms with E-state index in [9.17, 15) is 0 Å². The van der Waals surface area contributed by atoms with Crippen molar-refractivity contribution in [1.29, 1.82) is 0 Å². The molecule has 1 aromatic carbocycles. The van der Waals surface area contributed by atoms with Crippen molar-refractivity contribution in [3.8, 4) is 0 Å². The van der Waals surface area contributed by atoms with Crippen LogP contribution < -0.4 is 5.73 Å². The molecule has 2 aromatic rings. The number of nitrogens with two attached hydrogens (primary N) is 1. The molecule has 0 spiro atoms. The molecule has 0 fully saturated rings. The summed E-state index contributed by atoms with van der Waals surface area (Å²) in [6.07, 6.45) is 1.74. The first kappa shape index (κ1) is 13.8. The SMILES string of the molecule is CC(c1cccc(Cl)c1)N(C)Cc1cc(N)ccn1. The summed E-state index contributed by atoms with van der Waals surface area (Å²) in [5.74, 6) is 0. The van der Waals surface area contributed by atoms with E-state index < -0.39 is 0 Å². The number of hydrogen-bond donors (Lipinski definition) is 1. The Morgan fingerprint density at radius 2 is 2.11 bits per heavy atom. The highest BCUT2D eigenvalue weighted by molar-refractivity contribution is 6.30. The fourth-order valence-electron chi connectivity index (χ4n) is 2.00. The Kier molecular flexibility index (Phi) is 4.40. The molecule has 2 N–H and O–H groups in total. The summed E-state index contributed by atoms with van der Waals surface area (Å²) in [5, 5.41) is 0.764. The van der Waals surface area contributed by atoms with Crippen molar-refractivity contribution in [1.82, 2.24) is 9.88 Å². The normalized spacial score (nSPS) is 12.6. The van der Waals surface area contributed by atoms with Crippen LogP contribution in [0.25, 0.3) is 0 Å². The van der Waals surface area contributed by atoms with Gasteiger partial charge in [0.25, 0.3) is 0 Å². The molecule has 1 aromatic heterocycles. The van der Waals surface area contributed by atoms with Gasteiger partial charge in [0, 0.05) is 29.5 Å². The van der Waals surface area contributed by atoms with E-state index in [1.807, 2.05) is 24.3 Å². The van der Waals surface area contributed by atoms with Crippen LogP contribution in [-0.2, 0) is 6.54 Å². The Morgan fingerprint density at radius 1 is 1.32 bits per heavy atom. The van der Waals surface area contributed by atoms with Crippen molar-refractivity contribution in [2.24, 2.45) is 0 Å². The van der Waals surface area contributed by atoms with Gasteiger partial charge >= 0.3 is 0 Å². The molecule has 0 aliphatic carbocycles. The number of nitrogen functional groups attached to an aromatic ring is 1. The van der Waals surface area contributed by atoms with Crippen molar-refractivity contribution < 1.29 is 0 Å². The fourth-order valence-corrected chi connectivity index (χ4v) is 2.20. The summed E-state index contributed by atoms with van der Waals surface area (Å²) < 4.78 is 0. The number of anilines is 1. The van der Waals surface area contributed by atoms with Gasteiger partial charge in [-0.05, 0) is 43.8 Å². The van der Waals surface area contributed by atoms with Gasteiger partial charge in [-0.1, -0.05) is 23.7 Å². The molecule has 0 aliphatic rings. The van der Waals surface area contributed by atoms with Gasteiger partial charge in [-0.25, -0.2) is 0 Å². The summed E-state index contributed by atoms with van der Waals surface area (Å²) >= 11 is 6.03. The Morgan fingerprint density at radius 3 is 2.79 bits per heavy atom. The number of nitrogens with zero attached hydrogens (tertiary/aromatic N) is 2. The van der Waals surface area contributed by atoms with Crippen LogP contribution in [0.5, 0.6) is 0 Å². The number of halogens is 1. The maximum Gasteiger partial charge on any atom is 0.0564 e. The van der Waals surface area contributed by atoms with Crippen LogP contribution in [0.15, 0.2) is 42.6 Å². The van der Waals surface area contributed by atoms with Crippen molar-refractivity contribution in [3.63, 3.8) is 0 Å². The number of aromatic nitrogens is 1. The summed E-state index contributed by atoms with van der Waals surface area (Å²) in [6, 6.07) is 11.9. The van der Waals surface area contributed by atoms with Crippen LogP contribution in [0.1, 0.15) is 24.2 Å². The summed E-state index contributed by atoms with van der Waals surface area (Å²) in [4.78, 5) is 6.54. The van der Waals surface area contributed by atoms with E-state index in [0.717, 1.165) is 22.9 Å². The molecule has 1 heterocycles. The third-order valence-electron chi connectivity index (χ3n) is 3.24. The molecule has 0 radical (unpaired) electrons. The smallest absolute Gasteiger partial charge is 0.0564 e. The van der Waals surface area contributed by atoms with Gasteiger partial charge in [0.2, 0.25) is 0 Å². The molecular formula is C15H18ClN3. The zero-order chi connectivity index (χ0) is 13.8. The third-order valence-corrected chi connectivity index (χ3v) is 3.48. The lowest BCUT2D eigenvalue weighted by Gasteiger charge is -2.25. The average Bonchev–Trinajstić information content (AvgIpc) is 2.38. The highest BCUT2D eigenvalue weighted by atomic mass is 35.5. The predicted octanol–water partition coefficient (Wildman–Crippen LogP) is 3.51. The molecule has 2 rings (SSSR count). The molecule has 0 saturated carbocycles. The van der Waals surface area contributed by atoms with Gasteiger partial charge in [0.1, 0.15) is 0 Å². The molecular weight excluding hydrogens is 258 g/mol. The van der Waals surface area contributed by atoms with Crippen LogP contribution in [0.3, 0.4) is 0 Å². The maximum atomic E-state index is 6.03. The summed E-state index contributed by atoms with van der Waals surface area (Å²) in [5.41, 5.74) is 8.67. The van der Waals surface area contributed by atoms with E-state index in [0.29, 0.717) is 0 Å². The Hall–Kier alpha value is -1.58. The number of pyridine rings is 1. The molecule has 4 heteroatoms. The van der Waals surface area contributed by atoms with E-state index in [1.165, 1.54) is 5.56 Å².